The van der Waals surface area contributed by atoms with Gasteiger partial charge in [0.1, 0.15) is 12.3 Å². The molecule has 8 nitrogen and oxygen atoms in total. The second-order valence-electron chi connectivity index (χ2n) is 6.81. The number of carbonyl (C=O) groups excluding carboxylic acids is 1. The second kappa shape index (κ2) is 9.89. The molecule has 1 heterocycles. The Balaban J connectivity index is 1.83. The van der Waals surface area contributed by atoms with E-state index >= 15 is 0 Å². The molecule has 0 unspecified atom stereocenters. The van der Waals surface area contributed by atoms with Crippen molar-refractivity contribution in [3.05, 3.63) is 74.9 Å². The van der Waals surface area contributed by atoms with Gasteiger partial charge in [0.25, 0.3) is 5.56 Å². The first-order valence-electron chi connectivity index (χ1n) is 9.66. The first-order valence-corrected chi connectivity index (χ1v) is 9.66. The van der Waals surface area contributed by atoms with Crippen LogP contribution in [0.1, 0.15) is 12.0 Å². The summed E-state index contributed by atoms with van der Waals surface area (Å²) in [7, 11) is 3.15. The highest BCUT2D eigenvalue weighted by atomic mass is 16.5. The largest absolute Gasteiger partial charge is 0.497 e. The van der Waals surface area contributed by atoms with Gasteiger partial charge in [-0.1, -0.05) is 24.3 Å². The summed E-state index contributed by atoms with van der Waals surface area (Å²) in [6.07, 6.45) is 0.521. The highest BCUT2D eigenvalue weighted by molar-refractivity contribution is 5.81. The van der Waals surface area contributed by atoms with Gasteiger partial charge in [-0.2, -0.15) is 0 Å². The molecule has 0 fully saturated rings. The second-order valence-corrected chi connectivity index (χ2v) is 6.81. The number of methoxy groups -OCH3 is 2. The van der Waals surface area contributed by atoms with E-state index < -0.39 is 5.69 Å². The zero-order valence-electron chi connectivity index (χ0n) is 17.1. The highest BCUT2D eigenvalue weighted by Gasteiger charge is 2.15. The molecule has 0 atom stereocenters. The fourth-order valence-corrected chi connectivity index (χ4v) is 3.23. The Kier molecular flexibility index (Phi) is 7.03. The monoisotopic (exact) mass is 411 g/mol. The van der Waals surface area contributed by atoms with Crippen LogP contribution in [-0.2, 0) is 29.2 Å². The Morgan fingerprint density at radius 1 is 1.00 bits per heavy atom. The van der Waals surface area contributed by atoms with Gasteiger partial charge in [-0.05, 0) is 36.2 Å². The summed E-state index contributed by atoms with van der Waals surface area (Å²) < 4.78 is 12.6. The number of rotatable bonds is 9. The molecular weight excluding hydrogens is 386 g/mol. The summed E-state index contributed by atoms with van der Waals surface area (Å²) in [5.41, 5.74) is 0.483. The molecule has 1 N–H and O–H groups in total. The summed E-state index contributed by atoms with van der Waals surface area (Å²) in [5, 5.41) is 3.22. The van der Waals surface area contributed by atoms with Crippen molar-refractivity contribution in [1.82, 2.24) is 14.5 Å². The molecule has 0 saturated carbocycles. The smallest absolute Gasteiger partial charge is 0.331 e. The van der Waals surface area contributed by atoms with Crippen molar-refractivity contribution in [2.45, 2.75) is 26.1 Å². The molecular formula is C22H25N3O5. The molecule has 0 saturated heterocycles. The van der Waals surface area contributed by atoms with Gasteiger partial charge in [0.05, 0.1) is 18.0 Å². The summed E-state index contributed by atoms with van der Waals surface area (Å²) in [6, 6.07) is 14.2. The van der Waals surface area contributed by atoms with Gasteiger partial charge in [-0.25, -0.2) is 4.79 Å². The van der Waals surface area contributed by atoms with Crippen LogP contribution in [0.4, 0.5) is 0 Å². The lowest BCUT2D eigenvalue weighted by molar-refractivity contribution is -0.121. The van der Waals surface area contributed by atoms with Gasteiger partial charge in [0.2, 0.25) is 5.91 Å². The van der Waals surface area contributed by atoms with E-state index in [4.69, 9.17) is 9.47 Å². The van der Waals surface area contributed by atoms with Gasteiger partial charge in [-0.15, -0.1) is 0 Å². The van der Waals surface area contributed by atoms with Crippen LogP contribution in [0.5, 0.6) is 5.75 Å². The predicted octanol–water partition coefficient (Wildman–Crippen LogP) is 1.52. The molecule has 0 bridgehead atoms. The number of nitrogens with zero attached hydrogens (tertiary/aromatic N) is 2. The minimum absolute atomic E-state index is 0.180. The van der Waals surface area contributed by atoms with Crippen molar-refractivity contribution >= 4 is 16.8 Å². The number of ether oxygens (including phenoxy) is 2. The maximum Gasteiger partial charge on any atom is 0.331 e. The molecule has 2 aromatic carbocycles. The van der Waals surface area contributed by atoms with Gasteiger partial charge in [0.15, 0.2) is 0 Å². The van der Waals surface area contributed by atoms with E-state index in [-0.39, 0.29) is 24.6 Å². The van der Waals surface area contributed by atoms with E-state index in [2.05, 4.69) is 5.32 Å². The van der Waals surface area contributed by atoms with Gasteiger partial charge >= 0.3 is 5.69 Å². The molecule has 0 radical (unpaired) electrons. The van der Waals surface area contributed by atoms with E-state index in [1.807, 2.05) is 24.3 Å². The molecule has 0 aliphatic rings. The lowest BCUT2D eigenvalue weighted by Gasteiger charge is -2.14. The van der Waals surface area contributed by atoms with E-state index in [0.29, 0.717) is 30.5 Å². The minimum Gasteiger partial charge on any atom is -0.497 e. The van der Waals surface area contributed by atoms with E-state index in [0.717, 1.165) is 15.9 Å². The van der Waals surface area contributed by atoms with Crippen molar-refractivity contribution < 1.29 is 14.3 Å². The molecule has 1 amide bonds. The van der Waals surface area contributed by atoms with Crippen LogP contribution >= 0.6 is 0 Å². The topological polar surface area (TPSA) is 91.6 Å². The quantitative estimate of drug-likeness (QED) is 0.539. The Labute approximate surface area is 173 Å². The van der Waals surface area contributed by atoms with Crippen LogP contribution in [0.2, 0.25) is 0 Å². The van der Waals surface area contributed by atoms with Crippen LogP contribution in [0.25, 0.3) is 10.9 Å². The lowest BCUT2D eigenvalue weighted by atomic mass is 10.2. The van der Waals surface area contributed by atoms with E-state index in [1.54, 1.807) is 38.5 Å². The predicted molar refractivity (Wildman–Crippen MR) is 114 cm³/mol. The van der Waals surface area contributed by atoms with Crippen molar-refractivity contribution in [1.29, 1.82) is 0 Å². The third-order valence-corrected chi connectivity index (χ3v) is 4.81. The fourth-order valence-electron chi connectivity index (χ4n) is 3.23. The highest BCUT2D eigenvalue weighted by Crippen LogP contribution is 2.11. The van der Waals surface area contributed by atoms with Crippen molar-refractivity contribution in [2.75, 3.05) is 20.8 Å². The average molecular weight is 411 g/mol. The Morgan fingerprint density at radius 2 is 1.73 bits per heavy atom. The lowest BCUT2D eigenvalue weighted by Crippen LogP contribution is -2.42. The third-order valence-electron chi connectivity index (χ3n) is 4.81. The number of fused-ring (bicyclic) bond motifs is 1. The average Bonchev–Trinajstić information content (AvgIpc) is 2.78. The van der Waals surface area contributed by atoms with Crippen LogP contribution in [0.15, 0.2) is 58.1 Å². The Morgan fingerprint density at radius 3 is 2.43 bits per heavy atom. The first-order chi connectivity index (χ1) is 14.5. The molecule has 0 aliphatic carbocycles. The fraction of sp³-hybridized carbons (Fsp3) is 0.318. The number of carbonyl (C=O) groups is 1. The molecule has 158 valence electrons. The van der Waals surface area contributed by atoms with Crippen molar-refractivity contribution in [3.63, 3.8) is 0 Å². The molecule has 3 aromatic rings. The SMILES string of the molecule is COCCCn1c(=O)c2ccccc2n(CC(=O)NCc2ccc(OC)cc2)c1=O. The summed E-state index contributed by atoms with van der Waals surface area (Å²) in [5.74, 6) is 0.416. The van der Waals surface area contributed by atoms with Crippen LogP contribution in [0, 0.1) is 0 Å². The molecule has 8 heteroatoms. The van der Waals surface area contributed by atoms with Crippen LogP contribution < -0.4 is 21.3 Å². The summed E-state index contributed by atoms with van der Waals surface area (Å²) in [4.78, 5) is 38.3. The van der Waals surface area contributed by atoms with Gasteiger partial charge in [-0.3, -0.25) is 18.7 Å². The van der Waals surface area contributed by atoms with E-state index in [9.17, 15) is 14.4 Å². The van der Waals surface area contributed by atoms with Crippen LogP contribution in [-0.4, -0.2) is 35.9 Å². The number of hydrogen-bond donors (Lipinski definition) is 1. The standard InChI is InChI=1S/C22H25N3O5/c1-29-13-5-12-24-21(27)18-6-3-4-7-19(18)25(22(24)28)15-20(26)23-14-16-8-10-17(30-2)11-9-16/h3-4,6-11H,5,12-15H2,1-2H3,(H,23,26). The third kappa shape index (κ3) is 4.77. The van der Waals surface area contributed by atoms with Gasteiger partial charge < -0.3 is 14.8 Å². The van der Waals surface area contributed by atoms with Crippen molar-refractivity contribution in [2.24, 2.45) is 0 Å². The number of para-hydroxylation sites is 1. The number of hydrogen-bond acceptors (Lipinski definition) is 5. The molecule has 0 spiro atoms. The Bertz CT molecular complexity index is 1130. The molecule has 0 aliphatic heterocycles. The number of amides is 1. The molecule has 3 rings (SSSR count). The molecule has 1 aromatic heterocycles. The van der Waals surface area contributed by atoms with Crippen molar-refractivity contribution in [3.8, 4) is 5.75 Å². The summed E-state index contributed by atoms with van der Waals surface area (Å²) in [6.45, 7) is 0.800. The van der Waals surface area contributed by atoms with E-state index in [1.165, 1.54) is 4.57 Å². The maximum atomic E-state index is 13.0. The normalized spacial score (nSPS) is 10.9. The zero-order chi connectivity index (χ0) is 21.5. The number of aromatic nitrogens is 2. The number of nitrogens with one attached hydrogen (secondary N) is 1. The molecule has 30 heavy (non-hydrogen) atoms. The summed E-state index contributed by atoms with van der Waals surface area (Å²) >= 11 is 0. The maximum absolute atomic E-state index is 13.0. The van der Waals surface area contributed by atoms with Gasteiger partial charge in [0, 0.05) is 26.8 Å². The number of benzene rings is 2. The van der Waals surface area contributed by atoms with Crippen LogP contribution in [0.3, 0.4) is 0 Å². The Hall–Kier alpha value is -3.39. The first kappa shape index (κ1) is 21.3. The zero-order valence-corrected chi connectivity index (χ0v) is 17.1. The minimum atomic E-state index is -0.505.